The molecule has 0 rings (SSSR count). The van der Waals surface area contributed by atoms with E-state index in [9.17, 15) is 9.90 Å². The van der Waals surface area contributed by atoms with Crippen LogP contribution in [0.2, 0.25) is 0 Å². The fraction of sp³-hybridized carbons (Fsp3) is 0.833. The number of carbonyl (C=O) groups is 1. The third-order valence-electron chi connectivity index (χ3n) is 1.29. The Kier molecular flexibility index (Phi) is 7.75. The monoisotopic (exact) mass is 170 g/mol. The molecule has 0 aromatic carbocycles. The van der Waals surface area contributed by atoms with Gasteiger partial charge in [-0.25, -0.2) is 0 Å². The molecule has 54 valence electrons. The molecule has 0 spiro atoms. The van der Waals surface area contributed by atoms with Crippen LogP contribution in [-0.2, 0) is 4.79 Å². The van der Waals surface area contributed by atoms with Crippen molar-refractivity contribution in [2.24, 2.45) is 5.41 Å². The van der Waals surface area contributed by atoms with E-state index < -0.39 is 11.4 Å². The van der Waals surface area contributed by atoms with Crippen molar-refractivity contribution in [3.8, 4) is 0 Å². The average molecular weight is 170 g/mol. The van der Waals surface area contributed by atoms with Crippen molar-refractivity contribution >= 4 is 5.97 Å². The summed E-state index contributed by atoms with van der Waals surface area (Å²) >= 11 is 0. The second-order valence-electron chi connectivity index (χ2n) is 2.64. The van der Waals surface area contributed by atoms with E-state index in [1.165, 1.54) is 13.8 Å². The van der Waals surface area contributed by atoms with Gasteiger partial charge in [-0.1, -0.05) is 13.8 Å². The van der Waals surface area contributed by atoms with Crippen LogP contribution in [0.4, 0.5) is 0 Å². The number of aliphatic hydroxyl groups excluding tert-OH is 1. The van der Waals surface area contributed by atoms with Gasteiger partial charge in [0.15, 0.2) is 0 Å². The van der Waals surface area contributed by atoms with E-state index in [4.69, 9.17) is 5.11 Å². The summed E-state index contributed by atoms with van der Waals surface area (Å²) < 4.78 is 0. The largest absolute Gasteiger partial charge is 1.00 e. The summed E-state index contributed by atoms with van der Waals surface area (Å²) in [6.45, 7) is 2.94. The van der Waals surface area contributed by atoms with Crippen LogP contribution < -0.4 is 56.5 Å². The van der Waals surface area contributed by atoms with Crippen LogP contribution in [0.15, 0.2) is 0 Å². The maximum atomic E-state index is 10.2. The molecule has 0 unspecified atom stereocenters. The molecule has 0 heterocycles. The smallest absolute Gasteiger partial charge is 0.550 e. The van der Waals surface area contributed by atoms with Crippen LogP contribution in [0.1, 0.15) is 20.3 Å². The molecule has 0 aliphatic heterocycles. The second kappa shape index (κ2) is 5.68. The van der Waals surface area contributed by atoms with Gasteiger partial charge in [0, 0.05) is 18.0 Å². The molecule has 0 aliphatic carbocycles. The number of aliphatic carboxylic acids is 1. The Morgan fingerprint density at radius 1 is 1.60 bits per heavy atom. The Morgan fingerprint density at radius 3 is 2.10 bits per heavy atom. The molecule has 0 aliphatic rings. The molecule has 0 fully saturated rings. The van der Waals surface area contributed by atoms with E-state index in [0.717, 1.165) is 0 Å². The van der Waals surface area contributed by atoms with Gasteiger partial charge in [-0.15, -0.1) is 0 Å². The van der Waals surface area contributed by atoms with Crippen LogP contribution in [0.3, 0.4) is 0 Å². The van der Waals surface area contributed by atoms with Gasteiger partial charge in [0.05, 0.1) is 0 Å². The van der Waals surface area contributed by atoms with Crippen LogP contribution in [-0.4, -0.2) is 17.7 Å². The number of hydrogen-bond donors (Lipinski definition) is 1. The zero-order valence-electron chi connectivity index (χ0n) is 6.68. The molecular weight excluding hydrogens is 159 g/mol. The average Bonchev–Trinajstić information content (AvgIpc) is 1.65. The van der Waals surface area contributed by atoms with Gasteiger partial charge in [-0.05, 0) is 6.42 Å². The second-order valence-corrected chi connectivity index (χ2v) is 2.64. The molecule has 0 saturated carbocycles. The predicted molar refractivity (Wildman–Crippen MR) is 30.5 cm³/mol. The number of carboxylic acid groups (broad SMARTS) is 1. The normalized spacial score (nSPS) is 10.3. The molecule has 10 heavy (non-hydrogen) atoms. The first kappa shape index (κ1) is 13.6. The summed E-state index contributed by atoms with van der Waals surface area (Å²) in [5.41, 5.74) is -0.894. The van der Waals surface area contributed by atoms with Crippen molar-refractivity contribution in [2.45, 2.75) is 20.3 Å². The topological polar surface area (TPSA) is 60.4 Å². The maximum Gasteiger partial charge on any atom is 1.00 e. The molecule has 1 N–H and O–H groups in total. The van der Waals surface area contributed by atoms with Gasteiger partial charge in [-0.3, -0.25) is 0 Å². The molecule has 0 bridgehead atoms. The van der Waals surface area contributed by atoms with Crippen molar-refractivity contribution in [3.63, 3.8) is 0 Å². The van der Waals surface area contributed by atoms with Crippen molar-refractivity contribution in [1.29, 1.82) is 0 Å². The maximum absolute atomic E-state index is 10.2. The summed E-state index contributed by atoms with van der Waals surface area (Å²) in [5, 5.41) is 18.5. The van der Waals surface area contributed by atoms with E-state index in [-0.39, 0.29) is 64.4 Å². The third kappa shape index (κ3) is 4.82. The number of hydrogen-bond acceptors (Lipinski definition) is 3. The number of carbonyl (C=O) groups excluding carboxylic acids is 1. The Hall–Kier alpha value is 1.07. The van der Waals surface area contributed by atoms with Gasteiger partial charge < -0.3 is 15.0 Å². The summed E-state index contributed by atoms with van der Waals surface area (Å²) in [5.74, 6) is -1.11. The van der Waals surface area contributed by atoms with Gasteiger partial charge in [0.1, 0.15) is 0 Å². The van der Waals surface area contributed by atoms with E-state index in [1.54, 1.807) is 0 Å². The molecular formula is C6H11KO3. The van der Waals surface area contributed by atoms with E-state index >= 15 is 0 Å². The molecule has 4 heteroatoms. The Morgan fingerprint density at radius 2 is 2.00 bits per heavy atom. The predicted octanol–water partition coefficient (Wildman–Crippen LogP) is -3.85. The molecule has 0 amide bonds. The van der Waals surface area contributed by atoms with E-state index in [1.807, 2.05) is 0 Å². The minimum absolute atomic E-state index is 0. The van der Waals surface area contributed by atoms with Gasteiger partial charge >= 0.3 is 51.4 Å². The van der Waals surface area contributed by atoms with Crippen LogP contribution in [0.25, 0.3) is 0 Å². The first-order valence-corrected chi connectivity index (χ1v) is 2.83. The van der Waals surface area contributed by atoms with Crippen molar-refractivity contribution in [2.75, 3.05) is 6.61 Å². The Bertz CT molecular complexity index is 112. The first-order valence-electron chi connectivity index (χ1n) is 2.83. The molecule has 0 saturated heterocycles. The quantitative estimate of drug-likeness (QED) is 0.441. The zero-order chi connectivity index (χ0) is 7.49. The van der Waals surface area contributed by atoms with E-state index in [2.05, 4.69) is 0 Å². The van der Waals surface area contributed by atoms with Crippen LogP contribution >= 0.6 is 0 Å². The number of aliphatic hydroxyl groups is 1. The first-order chi connectivity index (χ1) is 4.00. The van der Waals surface area contributed by atoms with Crippen molar-refractivity contribution < 1.29 is 66.4 Å². The Labute approximate surface area is 103 Å². The minimum Gasteiger partial charge on any atom is -0.550 e. The summed E-state index contributed by atoms with van der Waals surface area (Å²) in [6.07, 6.45) is 0.245. The summed E-state index contributed by atoms with van der Waals surface area (Å²) in [6, 6.07) is 0. The van der Waals surface area contributed by atoms with E-state index in [0.29, 0.717) is 0 Å². The molecule has 0 aromatic heterocycles. The van der Waals surface area contributed by atoms with Gasteiger partial charge in [0.25, 0.3) is 0 Å². The molecule has 0 atom stereocenters. The fourth-order valence-corrected chi connectivity index (χ4v) is 0.382. The molecule has 3 nitrogen and oxygen atoms in total. The third-order valence-corrected chi connectivity index (χ3v) is 1.29. The number of carboxylic acids is 1. The molecule has 0 radical (unpaired) electrons. The van der Waals surface area contributed by atoms with Crippen molar-refractivity contribution in [3.05, 3.63) is 0 Å². The zero-order valence-corrected chi connectivity index (χ0v) is 9.80. The summed E-state index contributed by atoms with van der Waals surface area (Å²) in [4.78, 5) is 10.2. The summed E-state index contributed by atoms with van der Waals surface area (Å²) in [7, 11) is 0. The van der Waals surface area contributed by atoms with Crippen LogP contribution in [0.5, 0.6) is 0 Å². The van der Waals surface area contributed by atoms with Gasteiger partial charge in [-0.2, -0.15) is 0 Å². The van der Waals surface area contributed by atoms with Crippen LogP contribution in [0, 0.1) is 5.41 Å². The standard InChI is InChI=1S/C6H12O3.K/c1-6(2,3-4-7)5(8)9;/h7H,3-4H2,1-2H3,(H,8,9);/q;+1/p-1. The SMILES string of the molecule is CC(C)(CCO)C(=O)[O-].[K+]. The van der Waals surface area contributed by atoms with Crippen molar-refractivity contribution in [1.82, 2.24) is 0 Å². The van der Waals surface area contributed by atoms with Gasteiger partial charge in [0.2, 0.25) is 0 Å². The Balaban J connectivity index is 0. The minimum atomic E-state index is -1.11. The number of rotatable bonds is 3. The fourth-order valence-electron chi connectivity index (χ4n) is 0.382. The molecule has 0 aromatic rings.